The molecule has 0 fully saturated rings. The van der Waals surface area contributed by atoms with Gasteiger partial charge in [-0.15, -0.1) is 36.6 Å². The Morgan fingerprint density at radius 3 is 2.40 bits per heavy atom. The highest BCUT2D eigenvalue weighted by molar-refractivity contribution is 14.0. The van der Waals surface area contributed by atoms with Gasteiger partial charge in [-0.3, -0.25) is 5.41 Å². The summed E-state index contributed by atoms with van der Waals surface area (Å²) in [5.74, 6) is 0. The number of anilines is 1. The average Bonchev–Trinajstić information content (AvgIpc) is 2.01. The van der Waals surface area contributed by atoms with Gasteiger partial charge in [-0.2, -0.15) is 13.2 Å². The largest absolute Gasteiger partial charge is 0.416 e. The first-order valence-electron chi connectivity index (χ1n) is 3.61. The zero-order chi connectivity index (χ0) is 10.8. The van der Waals surface area contributed by atoms with Crippen LogP contribution in [0.2, 0.25) is 0 Å². The van der Waals surface area contributed by atoms with E-state index in [9.17, 15) is 13.2 Å². The summed E-state index contributed by atoms with van der Waals surface area (Å²) in [6.07, 6.45) is -4.36. The van der Waals surface area contributed by atoms with E-state index in [2.05, 4.69) is 17.9 Å². The lowest BCUT2D eigenvalue weighted by molar-refractivity contribution is -0.137. The summed E-state index contributed by atoms with van der Waals surface area (Å²) in [6.45, 7) is 0. The minimum atomic E-state index is -4.36. The van der Waals surface area contributed by atoms with Crippen molar-refractivity contribution < 1.29 is 13.2 Å². The third-order valence-electron chi connectivity index (χ3n) is 1.45. The van der Waals surface area contributed by atoms with Crippen LogP contribution in [0.5, 0.6) is 0 Å². The molecule has 0 heterocycles. The number of amidine groups is 1. The number of thiol groups is 1. The van der Waals surface area contributed by atoms with Gasteiger partial charge in [0, 0.05) is 5.69 Å². The molecule has 0 unspecified atom stereocenters. The predicted molar refractivity (Wildman–Crippen MR) is 67.2 cm³/mol. The highest BCUT2D eigenvalue weighted by Crippen LogP contribution is 2.30. The van der Waals surface area contributed by atoms with Crippen LogP contribution in [0.15, 0.2) is 24.3 Å². The third-order valence-corrected chi connectivity index (χ3v) is 1.56. The molecule has 0 aliphatic rings. The maximum absolute atomic E-state index is 12.2. The summed E-state index contributed by atoms with van der Waals surface area (Å²) in [7, 11) is 0. The summed E-state index contributed by atoms with van der Waals surface area (Å²) in [6, 6.07) is 4.58. The van der Waals surface area contributed by atoms with Gasteiger partial charge < -0.3 is 5.32 Å². The normalized spacial score (nSPS) is 10.4. The molecule has 84 valence electrons. The standard InChI is InChI=1S/C8H7F3N2S.HI/c9-8(10,11)5-2-1-3-6(4-5)13-7(12)14;/h1-4H,(H3,12,13,14);1H. The van der Waals surface area contributed by atoms with Gasteiger partial charge in [0.15, 0.2) is 5.17 Å². The van der Waals surface area contributed by atoms with Crippen molar-refractivity contribution >= 4 is 47.5 Å². The molecule has 0 saturated heterocycles. The average molecular weight is 348 g/mol. The van der Waals surface area contributed by atoms with Crippen molar-refractivity contribution in [1.29, 1.82) is 5.41 Å². The van der Waals surface area contributed by atoms with Gasteiger partial charge in [0.25, 0.3) is 0 Å². The Balaban J connectivity index is 0.00000196. The quantitative estimate of drug-likeness (QED) is 0.308. The molecule has 0 amide bonds. The van der Waals surface area contributed by atoms with Crippen molar-refractivity contribution in [3.05, 3.63) is 29.8 Å². The topological polar surface area (TPSA) is 35.9 Å². The zero-order valence-corrected chi connectivity index (χ0v) is 10.5. The van der Waals surface area contributed by atoms with Gasteiger partial charge >= 0.3 is 6.18 Å². The molecule has 0 aliphatic carbocycles. The van der Waals surface area contributed by atoms with Crippen LogP contribution in [0.4, 0.5) is 18.9 Å². The van der Waals surface area contributed by atoms with Gasteiger partial charge in [-0.1, -0.05) is 6.07 Å². The van der Waals surface area contributed by atoms with E-state index in [1.54, 1.807) is 0 Å². The molecule has 0 aliphatic heterocycles. The maximum Gasteiger partial charge on any atom is 0.416 e. The molecule has 1 aromatic carbocycles. The van der Waals surface area contributed by atoms with Crippen molar-refractivity contribution in [3.63, 3.8) is 0 Å². The summed E-state index contributed by atoms with van der Waals surface area (Å²) in [4.78, 5) is 0. The molecule has 0 saturated carbocycles. The van der Waals surface area contributed by atoms with Gasteiger partial charge in [-0.25, -0.2) is 0 Å². The van der Waals surface area contributed by atoms with E-state index in [0.717, 1.165) is 12.1 Å². The molecular formula is C8H8F3IN2S. The number of benzene rings is 1. The van der Waals surface area contributed by atoms with Crippen molar-refractivity contribution in [3.8, 4) is 0 Å². The number of hydrogen-bond donors (Lipinski definition) is 3. The lowest BCUT2D eigenvalue weighted by atomic mass is 10.2. The molecule has 0 atom stereocenters. The van der Waals surface area contributed by atoms with Crippen LogP contribution in [0.1, 0.15) is 5.56 Å². The van der Waals surface area contributed by atoms with Crippen LogP contribution in [0, 0.1) is 5.41 Å². The Morgan fingerprint density at radius 2 is 1.93 bits per heavy atom. The lowest BCUT2D eigenvalue weighted by Crippen LogP contribution is -2.07. The fourth-order valence-electron chi connectivity index (χ4n) is 0.910. The monoisotopic (exact) mass is 348 g/mol. The molecule has 0 aromatic heterocycles. The molecule has 1 aromatic rings. The molecule has 0 bridgehead atoms. The van der Waals surface area contributed by atoms with E-state index in [1.807, 2.05) is 0 Å². The minimum absolute atomic E-state index is 0. The predicted octanol–water partition coefficient (Wildman–Crippen LogP) is 3.60. The Kier molecular flexibility index (Phi) is 5.43. The second-order valence-electron chi connectivity index (χ2n) is 2.55. The van der Waals surface area contributed by atoms with E-state index in [4.69, 9.17) is 5.41 Å². The number of nitrogens with one attached hydrogen (secondary N) is 2. The fraction of sp³-hybridized carbons (Fsp3) is 0.125. The van der Waals surface area contributed by atoms with Crippen LogP contribution in [0.3, 0.4) is 0 Å². The Labute approximate surface area is 107 Å². The first kappa shape index (κ1) is 14.6. The summed E-state index contributed by atoms with van der Waals surface area (Å²) < 4.78 is 36.6. The SMILES string of the molecule is I.N=C(S)Nc1cccc(C(F)(F)F)c1. The molecule has 1 rings (SSSR count). The molecule has 7 heteroatoms. The summed E-state index contributed by atoms with van der Waals surface area (Å²) in [5, 5.41) is 9.09. The Bertz CT molecular complexity index is 354. The number of alkyl halides is 3. The van der Waals surface area contributed by atoms with Crippen LogP contribution >= 0.6 is 36.6 Å². The second-order valence-corrected chi connectivity index (χ2v) is 3.00. The van der Waals surface area contributed by atoms with E-state index >= 15 is 0 Å². The Hall–Kier alpha value is -0.440. The molecule has 15 heavy (non-hydrogen) atoms. The molecule has 0 radical (unpaired) electrons. The van der Waals surface area contributed by atoms with Gasteiger partial charge in [-0.05, 0) is 18.2 Å². The zero-order valence-electron chi connectivity index (χ0n) is 7.30. The highest BCUT2D eigenvalue weighted by Gasteiger charge is 2.30. The van der Waals surface area contributed by atoms with Crippen molar-refractivity contribution in [2.75, 3.05) is 5.32 Å². The first-order valence-corrected chi connectivity index (χ1v) is 4.06. The fourth-order valence-corrected chi connectivity index (χ4v) is 1.04. The van der Waals surface area contributed by atoms with Gasteiger partial charge in [0.1, 0.15) is 0 Å². The van der Waals surface area contributed by atoms with Gasteiger partial charge in [0.05, 0.1) is 5.56 Å². The van der Waals surface area contributed by atoms with Crippen LogP contribution in [0.25, 0.3) is 0 Å². The Morgan fingerprint density at radius 1 is 1.33 bits per heavy atom. The highest BCUT2D eigenvalue weighted by atomic mass is 127. The van der Waals surface area contributed by atoms with Crippen LogP contribution < -0.4 is 5.32 Å². The van der Waals surface area contributed by atoms with Gasteiger partial charge in [0.2, 0.25) is 0 Å². The number of hydrogen-bond acceptors (Lipinski definition) is 1. The smallest absolute Gasteiger partial charge is 0.335 e. The summed E-state index contributed by atoms with van der Waals surface area (Å²) in [5.41, 5.74) is -0.558. The molecular weight excluding hydrogens is 340 g/mol. The first-order chi connectivity index (χ1) is 6.39. The van der Waals surface area contributed by atoms with E-state index < -0.39 is 11.7 Å². The van der Waals surface area contributed by atoms with Crippen LogP contribution in [-0.2, 0) is 6.18 Å². The number of rotatable bonds is 1. The molecule has 0 spiro atoms. The van der Waals surface area contributed by atoms with E-state index in [0.29, 0.717) is 0 Å². The second kappa shape index (κ2) is 5.59. The minimum Gasteiger partial charge on any atom is -0.335 e. The molecule has 2 nitrogen and oxygen atoms in total. The van der Waals surface area contributed by atoms with E-state index in [1.165, 1.54) is 12.1 Å². The third kappa shape index (κ3) is 4.74. The maximum atomic E-state index is 12.2. The molecule has 2 N–H and O–H groups in total. The number of halogens is 4. The summed E-state index contributed by atoms with van der Waals surface area (Å²) >= 11 is 3.61. The van der Waals surface area contributed by atoms with Crippen LogP contribution in [-0.4, -0.2) is 5.17 Å². The van der Waals surface area contributed by atoms with Crippen molar-refractivity contribution in [1.82, 2.24) is 0 Å². The van der Waals surface area contributed by atoms with Crippen molar-refractivity contribution in [2.45, 2.75) is 6.18 Å². The lowest BCUT2D eigenvalue weighted by Gasteiger charge is -2.08. The van der Waals surface area contributed by atoms with E-state index in [-0.39, 0.29) is 34.8 Å². The van der Waals surface area contributed by atoms with Crippen molar-refractivity contribution in [2.24, 2.45) is 0 Å².